The Morgan fingerprint density at radius 3 is 3.09 bits per heavy atom. The molecule has 3 heterocycles. The summed E-state index contributed by atoms with van der Waals surface area (Å²) < 4.78 is 0. The molecule has 2 saturated heterocycles. The van der Waals surface area contributed by atoms with Crippen LogP contribution in [0.4, 0.5) is 5.69 Å². The van der Waals surface area contributed by atoms with Crippen LogP contribution in [0.2, 0.25) is 0 Å². The minimum Gasteiger partial charge on any atom is -0.381 e. The van der Waals surface area contributed by atoms with Crippen LogP contribution in [-0.4, -0.2) is 48.6 Å². The van der Waals surface area contributed by atoms with Gasteiger partial charge in [-0.25, -0.2) is 0 Å². The maximum atomic E-state index is 11.8. The topological polar surface area (TPSA) is 60.2 Å². The fourth-order valence-corrected chi connectivity index (χ4v) is 3.87. The van der Waals surface area contributed by atoms with Gasteiger partial charge in [0.1, 0.15) is 0 Å². The predicted octanol–water partition coefficient (Wildman–Crippen LogP) is 1.62. The van der Waals surface area contributed by atoms with Crippen molar-refractivity contribution in [2.45, 2.75) is 18.9 Å². The molecule has 2 atom stereocenters. The lowest BCUT2D eigenvalue weighted by Gasteiger charge is -2.20. The van der Waals surface area contributed by atoms with Gasteiger partial charge < -0.3 is 20.5 Å². The lowest BCUT2D eigenvalue weighted by molar-refractivity contribution is 0.286. The molecule has 122 valence electrons. The Labute approximate surface area is 136 Å². The molecule has 0 bridgehead atoms. The molecule has 3 N–H and O–H groups in total. The van der Waals surface area contributed by atoms with Crippen LogP contribution in [0.3, 0.4) is 0 Å². The van der Waals surface area contributed by atoms with E-state index in [4.69, 9.17) is 0 Å². The molecule has 2 aliphatic heterocycles. The molecular weight excluding hydrogens is 288 g/mol. The van der Waals surface area contributed by atoms with Gasteiger partial charge >= 0.3 is 0 Å². The molecule has 5 heteroatoms. The first-order chi connectivity index (χ1) is 11.3. The number of aromatic amines is 1. The first-order valence-electron chi connectivity index (χ1n) is 8.59. The lowest BCUT2D eigenvalue weighted by atomic mass is 10.1. The van der Waals surface area contributed by atoms with Crippen LogP contribution in [0, 0.1) is 5.92 Å². The minimum absolute atomic E-state index is 0.0220. The van der Waals surface area contributed by atoms with Gasteiger partial charge in [-0.15, -0.1) is 0 Å². The van der Waals surface area contributed by atoms with E-state index in [9.17, 15) is 4.79 Å². The summed E-state index contributed by atoms with van der Waals surface area (Å²) in [5.41, 5.74) is 1.09. The molecule has 1 aromatic carbocycles. The van der Waals surface area contributed by atoms with E-state index in [1.54, 1.807) is 6.20 Å². The summed E-state index contributed by atoms with van der Waals surface area (Å²) in [5, 5.41) is 8.83. The maximum absolute atomic E-state index is 11.8. The number of aromatic nitrogens is 1. The highest BCUT2D eigenvalue weighted by molar-refractivity contribution is 5.84. The number of nitrogens with one attached hydrogen (secondary N) is 3. The average Bonchev–Trinajstić information content (AvgIpc) is 3.20. The third kappa shape index (κ3) is 3.26. The minimum atomic E-state index is -0.0220. The second kappa shape index (κ2) is 6.34. The van der Waals surface area contributed by atoms with E-state index in [2.05, 4.69) is 26.6 Å². The van der Waals surface area contributed by atoms with Crippen molar-refractivity contribution in [1.82, 2.24) is 15.2 Å². The fourth-order valence-electron chi connectivity index (χ4n) is 3.87. The van der Waals surface area contributed by atoms with E-state index in [0.29, 0.717) is 6.04 Å². The van der Waals surface area contributed by atoms with Gasteiger partial charge in [-0.1, -0.05) is 0 Å². The van der Waals surface area contributed by atoms with E-state index < -0.39 is 0 Å². The third-order valence-electron chi connectivity index (χ3n) is 5.10. The molecule has 0 aliphatic carbocycles. The summed E-state index contributed by atoms with van der Waals surface area (Å²) in [4.78, 5) is 17.1. The van der Waals surface area contributed by atoms with Crippen molar-refractivity contribution >= 4 is 16.5 Å². The zero-order valence-electron chi connectivity index (χ0n) is 13.3. The van der Waals surface area contributed by atoms with Crippen molar-refractivity contribution < 1.29 is 0 Å². The molecule has 23 heavy (non-hydrogen) atoms. The molecular formula is C18H24N4O. The molecule has 5 nitrogen and oxygen atoms in total. The quantitative estimate of drug-likeness (QED) is 0.803. The van der Waals surface area contributed by atoms with Gasteiger partial charge in [-0.3, -0.25) is 4.79 Å². The van der Waals surface area contributed by atoms with Gasteiger partial charge in [0.15, 0.2) is 0 Å². The number of benzene rings is 1. The molecule has 1 unspecified atom stereocenters. The second-order valence-electron chi connectivity index (χ2n) is 6.86. The molecule has 1 aromatic heterocycles. The van der Waals surface area contributed by atoms with Crippen LogP contribution in [0.5, 0.6) is 0 Å². The van der Waals surface area contributed by atoms with Crippen LogP contribution in [-0.2, 0) is 0 Å². The summed E-state index contributed by atoms with van der Waals surface area (Å²) in [6.45, 7) is 5.87. The zero-order valence-corrected chi connectivity index (χ0v) is 13.3. The molecule has 0 spiro atoms. The summed E-state index contributed by atoms with van der Waals surface area (Å²) in [5.74, 6) is 0.821. The number of H-pyrrole nitrogens is 1. The molecule has 0 amide bonds. The van der Waals surface area contributed by atoms with Crippen molar-refractivity contribution in [3.8, 4) is 0 Å². The number of rotatable bonds is 4. The normalized spacial score (nSPS) is 25.2. The highest BCUT2D eigenvalue weighted by Crippen LogP contribution is 2.21. The van der Waals surface area contributed by atoms with Crippen molar-refractivity contribution in [1.29, 1.82) is 0 Å². The highest BCUT2D eigenvalue weighted by Gasteiger charge is 2.25. The van der Waals surface area contributed by atoms with Gasteiger partial charge in [0.25, 0.3) is 5.56 Å². The van der Waals surface area contributed by atoms with Crippen molar-refractivity contribution in [2.24, 2.45) is 5.92 Å². The monoisotopic (exact) mass is 312 g/mol. The number of fused-ring (bicyclic) bond motifs is 1. The van der Waals surface area contributed by atoms with Crippen molar-refractivity contribution in [3.05, 3.63) is 40.8 Å². The van der Waals surface area contributed by atoms with E-state index in [1.165, 1.54) is 39.0 Å². The maximum Gasteiger partial charge on any atom is 0.255 e. The lowest BCUT2D eigenvalue weighted by Crippen LogP contribution is -2.31. The van der Waals surface area contributed by atoms with Crippen molar-refractivity contribution in [3.63, 3.8) is 0 Å². The number of hydrogen-bond donors (Lipinski definition) is 3. The van der Waals surface area contributed by atoms with Crippen LogP contribution in [0.25, 0.3) is 10.8 Å². The Balaban J connectivity index is 1.39. The molecule has 0 saturated carbocycles. The first kappa shape index (κ1) is 14.7. The predicted molar refractivity (Wildman–Crippen MR) is 94.0 cm³/mol. The van der Waals surface area contributed by atoms with Crippen LogP contribution < -0.4 is 16.2 Å². The smallest absolute Gasteiger partial charge is 0.255 e. The summed E-state index contributed by atoms with van der Waals surface area (Å²) in [6.07, 6.45) is 4.21. The molecule has 2 aliphatic rings. The largest absolute Gasteiger partial charge is 0.381 e. The number of hydrogen-bond acceptors (Lipinski definition) is 4. The summed E-state index contributed by atoms with van der Waals surface area (Å²) in [6, 6.07) is 8.46. The third-order valence-corrected chi connectivity index (χ3v) is 5.10. The first-order valence-corrected chi connectivity index (χ1v) is 8.59. The second-order valence-corrected chi connectivity index (χ2v) is 6.86. The highest BCUT2D eigenvalue weighted by atomic mass is 16.1. The summed E-state index contributed by atoms with van der Waals surface area (Å²) >= 11 is 0. The van der Waals surface area contributed by atoms with Gasteiger partial charge in [-0.2, -0.15) is 0 Å². The van der Waals surface area contributed by atoms with Gasteiger partial charge in [0.05, 0.1) is 0 Å². The average molecular weight is 312 g/mol. The van der Waals surface area contributed by atoms with Gasteiger partial charge in [0, 0.05) is 42.9 Å². The number of nitrogens with zero attached hydrogens (tertiary/aromatic N) is 1. The van der Waals surface area contributed by atoms with Crippen LogP contribution in [0.1, 0.15) is 12.8 Å². The van der Waals surface area contributed by atoms with Gasteiger partial charge in [-0.05, 0) is 61.5 Å². The molecule has 2 aromatic rings. The number of likely N-dealkylation sites (tertiary alicyclic amines) is 1. The van der Waals surface area contributed by atoms with E-state index in [0.717, 1.165) is 28.9 Å². The molecule has 2 fully saturated rings. The molecule has 4 rings (SSSR count). The van der Waals surface area contributed by atoms with Crippen molar-refractivity contribution in [2.75, 3.05) is 38.0 Å². The SMILES string of the molecule is O=c1[nH]ccc2cc(N[C@H]3CCN(CC4CCNC4)C3)ccc12. The van der Waals surface area contributed by atoms with E-state index >= 15 is 0 Å². The van der Waals surface area contributed by atoms with Gasteiger partial charge in [0.2, 0.25) is 0 Å². The standard InChI is InChI=1S/C18H24N4O/c23-18-17-2-1-15(9-14(17)4-7-20-18)21-16-5-8-22(12-16)11-13-3-6-19-10-13/h1-2,4,7,9,13,16,19,21H,3,5-6,8,10-12H2,(H,20,23)/t13?,16-/m0/s1. The Kier molecular flexibility index (Phi) is 4.06. The Bertz CT molecular complexity index is 735. The number of anilines is 1. The summed E-state index contributed by atoms with van der Waals surface area (Å²) in [7, 11) is 0. The van der Waals surface area contributed by atoms with E-state index in [-0.39, 0.29) is 5.56 Å². The van der Waals surface area contributed by atoms with Crippen LogP contribution in [0.15, 0.2) is 35.3 Å². The number of pyridine rings is 1. The Morgan fingerprint density at radius 2 is 2.22 bits per heavy atom. The van der Waals surface area contributed by atoms with E-state index in [1.807, 2.05) is 18.2 Å². The fraction of sp³-hybridized carbons (Fsp3) is 0.500. The van der Waals surface area contributed by atoms with Crippen LogP contribution >= 0.6 is 0 Å². The zero-order chi connectivity index (χ0) is 15.6. The Hall–Kier alpha value is -1.85. The molecule has 0 radical (unpaired) electrons. The Morgan fingerprint density at radius 1 is 1.26 bits per heavy atom.